The Morgan fingerprint density at radius 1 is 1.29 bits per heavy atom. The second-order valence-corrected chi connectivity index (χ2v) is 8.04. The third kappa shape index (κ3) is 3.97. The van der Waals surface area contributed by atoms with Crippen LogP contribution in [0.2, 0.25) is 0 Å². The average Bonchev–Trinajstić information content (AvgIpc) is 3.56. The Balaban J connectivity index is 1.45. The molecule has 31 heavy (non-hydrogen) atoms. The SMILES string of the molecule is O=C(Nc1cc2oc(NCCO)nc2cc1N1CCCC1)c1csc(-c2cn[nH]c2)n1. The third-order valence-corrected chi connectivity index (χ3v) is 5.96. The minimum absolute atomic E-state index is 0.0203. The summed E-state index contributed by atoms with van der Waals surface area (Å²) in [5.74, 6) is -0.288. The number of carbonyl (C=O) groups excluding carboxylic acids is 1. The molecule has 0 spiro atoms. The Kier molecular flexibility index (Phi) is 5.26. The fraction of sp³-hybridized carbons (Fsp3) is 0.300. The maximum absolute atomic E-state index is 13.0. The van der Waals surface area contributed by atoms with E-state index in [0.29, 0.717) is 35.0 Å². The van der Waals surface area contributed by atoms with Crippen molar-refractivity contribution in [3.63, 3.8) is 0 Å². The molecule has 4 heterocycles. The van der Waals surface area contributed by atoms with Crippen molar-refractivity contribution in [1.29, 1.82) is 0 Å². The van der Waals surface area contributed by atoms with Crippen molar-refractivity contribution in [2.45, 2.75) is 12.8 Å². The topological polar surface area (TPSA) is 132 Å². The van der Waals surface area contributed by atoms with Crippen LogP contribution in [-0.2, 0) is 0 Å². The van der Waals surface area contributed by atoms with Crippen LogP contribution < -0.4 is 15.5 Å². The van der Waals surface area contributed by atoms with Crippen molar-refractivity contribution >= 4 is 45.7 Å². The number of fused-ring (bicyclic) bond motifs is 1. The maximum atomic E-state index is 13.0. The molecule has 1 fully saturated rings. The monoisotopic (exact) mass is 439 g/mol. The van der Waals surface area contributed by atoms with Gasteiger partial charge in [-0.1, -0.05) is 0 Å². The van der Waals surface area contributed by atoms with E-state index in [1.165, 1.54) is 11.3 Å². The number of rotatable bonds is 7. The van der Waals surface area contributed by atoms with E-state index in [1.807, 2.05) is 6.07 Å². The number of aliphatic hydroxyl groups is 1. The lowest BCUT2D eigenvalue weighted by molar-refractivity contribution is 0.102. The first-order valence-electron chi connectivity index (χ1n) is 10.0. The van der Waals surface area contributed by atoms with Crippen molar-refractivity contribution in [2.75, 3.05) is 41.8 Å². The van der Waals surface area contributed by atoms with Gasteiger partial charge in [0.15, 0.2) is 5.58 Å². The molecule has 11 heteroatoms. The molecular weight excluding hydrogens is 418 g/mol. The number of nitrogens with zero attached hydrogens (tertiary/aromatic N) is 4. The zero-order valence-electron chi connectivity index (χ0n) is 16.6. The Bertz CT molecular complexity index is 1200. The van der Waals surface area contributed by atoms with Gasteiger partial charge in [-0.15, -0.1) is 11.3 Å². The van der Waals surface area contributed by atoms with Gasteiger partial charge in [-0.25, -0.2) is 4.98 Å². The summed E-state index contributed by atoms with van der Waals surface area (Å²) in [5, 5.41) is 24.1. The Morgan fingerprint density at radius 2 is 2.16 bits per heavy atom. The number of carbonyl (C=O) groups is 1. The van der Waals surface area contributed by atoms with Gasteiger partial charge in [-0.2, -0.15) is 10.1 Å². The summed E-state index contributed by atoms with van der Waals surface area (Å²) in [7, 11) is 0. The van der Waals surface area contributed by atoms with Crippen LogP contribution in [0.3, 0.4) is 0 Å². The highest BCUT2D eigenvalue weighted by molar-refractivity contribution is 7.13. The molecule has 4 N–H and O–H groups in total. The zero-order valence-corrected chi connectivity index (χ0v) is 17.4. The smallest absolute Gasteiger partial charge is 0.295 e. The fourth-order valence-electron chi connectivity index (χ4n) is 3.59. The lowest BCUT2D eigenvalue weighted by atomic mass is 10.2. The second kappa shape index (κ2) is 8.36. The van der Waals surface area contributed by atoms with Gasteiger partial charge in [0.25, 0.3) is 11.9 Å². The number of thiazole rings is 1. The van der Waals surface area contributed by atoms with Crippen LogP contribution in [0.15, 0.2) is 34.3 Å². The van der Waals surface area contributed by atoms with Gasteiger partial charge < -0.3 is 25.1 Å². The third-order valence-electron chi connectivity index (χ3n) is 5.07. The molecule has 1 aliphatic heterocycles. The van der Waals surface area contributed by atoms with Gasteiger partial charge in [0.2, 0.25) is 0 Å². The van der Waals surface area contributed by atoms with Crippen LogP contribution in [0.4, 0.5) is 17.4 Å². The van der Waals surface area contributed by atoms with Crippen LogP contribution in [0.5, 0.6) is 0 Å². The Morgan fingerprint density at radius 3 is 2.94 bits per heavy atom. The maximum Gasteiger partial charge on any atom is 0.295 e. The molecule has 0 unspecified atom stereocenters. The number of aromatic amines is 1. The fourth-order valence-corrected chi connectivity index (χ4v) is 4.37. The highest BCUT2D eigenvalue weighted by atomic mass is 32.1. The molecule has 4 aromatic rings. The summed E-state index contributed by atoms with van der Waals surface area (Å²) in [6.45, 7) is 2.16. The highest BCUT2D eigenvalue weighted by Crippen LogP contribution is 2.35. The predicted molar refractivity (Wildman–Crippen MR) is 119 cm³/mol. The van der Waals surface area contributed by atoms with Gasteiger partial charge in [0.1, 0.15) is 16.2 Å². The summed E-state index contributed by atoms with van der Waals surface area (Å²) in [6, 6.07) is 4.06. The van der Waals surface area contributed by atoms with E-state index in [4.69, 9.17) is 9.52 Å². The number of hydrogen-bond donors (Lipinski definition) is 4. The van der Waals surface area contributed by atoms with Gasteiger partial charge in [-0.3, -0.25) is 9.89 Å². The number of aromatic nitrogens is 4. The lowest BCUT2D eigenvalue weighted by Gasteiger charge is -2.21. The van der Waals surface area contributed by atoms with Crippen LogP contribution >= 0.6 is 11.3 Å². The number of benzene rings is 1. The summed E-state index contributed by atoms with van der Waals surface area (Å²) in [4.78, 5) is 24.1. The molecule has 0 atom stereocenters. The largest absolute Gasteiger partial charge is 0.423 e. The van der Waals surface area contributed by atoms with Crippen molar-refractivity contribution < 1.29 is 14.3 Å². The van der Waals surface area contributed by atoms with Gasteiger partial charge in [0.05, 0.1) is 24.2 Å². The second-order valence-electron chi connectivity index (χ2n) is 7.18. The molecule has 1 aliphatic rings. The quantitative estimate of drug-likeness (QED) is 0.346. The predicted octanol–water partition coefficient (Wildman–Crippen LogP) is 2.93. The van der Waals surface area contributed by atoms with Crippen molar-refractivity contribution in [3.05, 3.63) is 35.6 Å². The molecule has 3 aromatic heterocycles. The number of aliphatic hydroxyl groups excluding tert-OH is 1. The first-order chi connectivity index (χ1) is 15.2. The summed E-state index contributed by atoms with van der Waals surface area (Å²) >= 11 is 1.39. The molecule has 0 radical (unpaired) electrons. The number of hydrogen-bond acceptors (Lipinski definition) is 9. The van der Waals surface area contributed by atoms with Gasteiger partial charge in [0, 0.05) is 42.8 Å². The van der Waals surface area contributed by atoms with Crippen LogP contribution in [0.1, 0.15) is 23.3 Å². The van der Waals surface area contributed by atoms with E-state index in [0.717, 1.165) is 42.2 Å². The van der Waals surface area contributed by atoms with Crippen molar-refractivity contribution in [1.82, 2.24) is 20.2 Å². The van der Waals surface area contributed by atoms with Crippen LogP contribution in [0, 0.1) is 0 Å². The molecule has 0 bridgehead atoms. The molecule has 1 amide bonds. The normalized spacial score (nSPS) is 13.8. The van der Waals surface area contributed by atoms with E-state index in [1.54, 1.807) is 23.8 Å². The van der Waals surface area contributed by atoms with E-state index < -0.39 is 0 Å². The molecule has 0 saturated carbocycles. The molecule has 1 saturated heterocycles. The van der Waals surface area contributed by atoms with Crippen molar-refractivity contribution in [3.8, 4) is 10.6 Å². The molecule has 0 aliphatic carbocycles. The van der Waals surface area contributed by atoms with Gasteiger partial charge >= 0.3 is 0 Å². The van der Waals surface area contributed by atoms with E-state index in [9.17, 15) is 4.79 Å². The van der Waals surface area contributed by atoms with E-state index in [2.05, 4.69) is 35.7 Å². The number of amides is 1. The minimum Gasteiger partial charge on any atom is -0.423 e. The first-order valence-corrected chi connectivity index (χ1v) is 10.9. The number of anilines is 3. The summed E-state index contributed by atoms with van der Waals surface area (Å²) < 4.78 is 5.74. The van der Waals surface area contributed by atoms with Crippen LogP contribution in [0.25, 0.3) is 21.7 Å². The Hall–Kier alpha value is -3.44. The number of H-pyrrole nitrogens is 1. The summed E-state index contributed by atoms with van der Waals surface area (Å²) in [6.07, 6.45) is 5.62. The Labute approximate surface area is 181 Å². The first kappa shape index (κ1) is 19.5. The molecule has 10 nitrogen and oxygen atoms in total. The van der Waals surface area contributed by atoms with Crippen molar-refractivity contribution in [2.24, 2.45) is 0 Å². The minimum atomic E-state index is -0.288. The van der Waals surface area contributed by atoms with Gasteiger partial charge in [-0.05, 0) is 18.9 Å². The number of nitrogens with one attached hydrogen (secondary N) is 3. The summed E-state index contributed by atoms with van der Waals surface area (Å²) in [5.41, 5.74) is 3.99. The number of oxazole rings is 1. The molecule has 1 aromatic carbocycles. The highest BCUT2D eigenvalue weighted by Gasteiger charge is 2.21. The average molecular weight is 440 g/mol. The van der Waals surface area contributed by atoms with Crippen LogP contribution in [-0.4, -0.2) is 57.4 Å². The standard InChI is InChI=1S/C20H21N7O3S/c28-6-3-21-20-26-14-7-16(27-4-1-2-5-27)13(8-17(14)30-20)24-18(29)15-11-31-19(25-15)12-9-22-23-10-12/h7-11,28H,1-6H2,(H,21,26)(H,22,23)(H,24,29). The molecule has 160 valence electrons. The molecular formula is C20H21N7O3S. The lowest BCUT2D eigenvalue weighted by Crippen LogP contribution is -2.21. The zero-order chi connectivity index (χ0) is 21.2. The van der Waals surface area contributed by atoms with E-state index in [-0.39, 0.29) is 12.5 Å². The van der Waals surface area contributed by atoms with E-state index >= 15 is 0 Å². The molecule has 5 rings (SSSR count).